The SMILES string of the molecule is Cc1cccc(N)c1NC(=O)CN(C)CC(C)(C)C. The van der Waals surface area contributed by atoms with Crippen LogP contribution in [-0.4, -0.2) is 30.9 Å². The third-order valence-corrected chi connectivity index (χ3v) is 2.73. The lowest BCUT2D eigenvalue weighted by Crippen LogP contribution is -2.36. The molecule has 1 aromatic rings. The van der Waals surface area contributed by atoms with Crippen LogP contribution in [0.1, 0.15) is 26.3 Å². The summed E-state index contributed by atoms with van der Waals surface area (Å²) in [5.41, 5.74) is 8.35. The molecule has 0 saturated heterocycles. The first-order chi connectivity index (χ1) is 8.69. The highest BCUT2D eigenvalue weighted by Crippen LogP contribution is 2.22. The first kappa shape index (κ1) is 15.5. The molecule has 0 aliphatic rings. The van der Waals surface area contributed by atoms with Gasteiger partial charge >= 0.3 is 0 Å². The van der Waals surface area contributed by atoms with Crippen molar-refractivity contribution in [2.24, 2.45) is 5.41 Å². The molecule has 0 fully saturated rings. The predicted octanol–water partition coefficient (Wildman–Crippen LogP) is 2.49. The minimum absolute atomic E-state index is 0.0345. The van der Waals surface area contributed by atoms with E-state index in [1.165, 1.54) is 0 Å². The van der Waals surface area contributed by atoms with Crippen LogP contribution in [-0.2, 0) is 4.79 Å². The Kier molecular flexibility index (Phi) is 4.95. The molecular formula is C15H25N3O. The summed E-state index contributed by atoms with van der Waals surface area (Å²) >= 11 is 0. The second-order valence-electron chi connectivity index (χ2n) is 6.32. The average Bonchev–Trinajstić information content (AvgIpc) is 2.20. The minimum Gasteiger partial charge on any atom is -0.397 e. The number of nitrogens with one attached hydrogen (secondary N) is 1. The highest BCUT2D eigenvalue weighted by Gasteiger charge is 2.16. The fourth-order valence-electron chi connectivity index (χ4n) is 2.15. The minimum atomic E-state index is -0.0345. The van der Waals surface area contributed by atoms with Crippen molar-refractivity contribution in [3.8, 4) is 0 Å². The van der Waals surface area contributed by atoms with Crippen LogP contribution < -0.4 is 11.1 Å². The lowest BCUT2D eigenvalue weighted by Gasteiger charge is -2.26. The van der Waals surface area contributed by atoms with Gasteiger partial charge in [0.05, 0.1) is 17.9 Å². The van der Waals surface area contributed by atoms with Gasteiger partial charge in [-0.05, 0) is 31.0 Å². The van der Waals surface area contributed by atoms with Gasteiger partial charge in [-0.2, -0.15) is 0 Å². The Morgan fingerprint density at radius 1 is 1.37 bits per heavy atom. The topological polar surface area (TPSA) is 58.4 Å². The Labute approximate surface area is 116 Å². The van der Waals surface area contributed by atoms with Crippen LogP contribution in [0.25, 0.3) is 0 Å². The molecule has 0 heterocycles. The summed E-state index contributed by atoms with van der Waals surface area (Å²) in [4.78, 5) is 14.0. The predicted molar refractivity (Wildman–Crippen MR) is 81.2 cm³/mol. The molecule has 4 heteroatoms. The molecule has 19 heavy (non-hydrogen) atoms. The Hall–Kier alpha value is -1.55. The van der Waals surface area contributed by atoms with Crippen LogP contribution >= 0.6 is 0 Å². The standard InChI is InChI=1S/C15H25N3O/c1-11-7-6-8-12(16)14(11)17-13(19)9-18(5)10-15(2,3)4/h6-8H,9-10,16H2,1-5H3,(H,17,19). The molecule has 1 rings (SSSR count). The number of hydrogen-bond acceptors (Lipinski definition) is 3. The third kappa shape index (κ3) is 5.30. The van der Waals surface area contributed by atoms with Crippen LogP contribution in [0.3, 0.4) is 0 Å². The fraction of sp³-hybridized carbons (Fsp3) is 0.533. The number of amides is 1. The van der Waals surface area contributed by atoms with Gasteiger partial charge in [0.1, 0.15) is 0 Å². The summed E-state index contributed by atoms with van der Waals surface area (Å²) in [5.74, 6) is -0.0345. The number of carbonyl (C=O) groups excluding carboxylic acids is 1. The van der Waals surface area contributed by atoms with E-state index in [0.717, 1.165) is 17.8 Å². The van der Waals surface area contributed by atoms with E-state index in [1.807, 2.05) is 31.0 Å². The van der Waals surface area contributed by atoms with Crippen LogP contribution in [0, 0.1) is 12.3 Å². The van der Waals surface area contributed by atoms with Gasteiger partial charge < -0.3 is 11.1 Å². The molecule has 0 spiro atoms. The Morgan fingerprint density at radius 2 is 2.00 bits per heavy atom. The van der Waals surface area contributed by atoms with E-state index in [2.05, 4.69) is 26.1 Å². The Bertz CT molecular complexity index is 429. The molecule has 106 valence electrons. The lowest BCUT2D eigenvalue weighted by atomic mass is 9.96. The third-order valence-electron chi connectivity index (χ3n) is 2.73. The first-order valence-corrected chi connectivity index (χ1v) is 6.52. The van der Waals surface area contributed by atoms with E-state index in [1.54, 1.807) is 6.07 Å². The zero-order valence-corrected chi connectivity index (χ0v) is 12.6. The molecule has 1 aromatic carbocycles. The van der Waals surface area contributed by atoms with Crippen molar-refractivity contribution in [1.82, 2.24) is 4.90 Å². The number of nitrogens with zero attached hydrogens (tertiary/aromatic N) is 1. The summed E-state index contributed by atoms with van der Waals surface area (Å²) in [7, 11) is 1.95. The summed E-state index contributed by atoms with van der Waals surface area (Å²) < 4.78 is 0. The van der Waals surface area contributed by atoms with E-state index in [-0.39, 0.29) is 11.3 Å². The van der Waals surface area contributed by atoms with Crippen LogP contribution in [0.5, 0.6) is 0 Å². The quantitative estimate of drug-likeness (QED) is 0.821. The van der Waals surface area contributed by atoms with Gasteiger partial charge in [0, 0.05) is 6.54 Å². The molecule has 0 atom stereocenters. The van der Waals surface area contributed by atoms with E-state index < -0.39 is 0 Å². The number of carbonyl (C=O) groups is 1. The molecule has 0 aliphatic heterocycles. The molecular weight excluding hydrogens is 238 g/mol. The maximum absolute atomic E-state index is 12.0. The van der Waals surface area contributed by atoms with E-state index >= 15 is 0 Å². The Balaban J connectivity index is 2.61. The summed E-state index contributed by atoms with van der Waals surface area (Å²) in [6.07, 6.45) is 0. The second-order valence-corrected chi connectivity index (χ2v) is 6.32. The van der Waals surface area contributed by atoms with E-state index in [4.69, 9.17) is 5.73 Å². The van der Waals surface area contributed by atoms with Crippen LogP contribution in [0.2, 0.25) is 0 Å². The fourth-order valence-corrected chi connectivity index (χ4v) is 2.15. The van der Waals surface area contributed by atoms with Crippen molar-refractivity contribution >= 4 is 17.3 Å². The smallest absolute Gasteiger partial charge is 0.238 e. The number of benzene rings is 1. The number of nitrogens with two attached hydrogens (primary N) is 1. The lowest BCUT2D eigenvalue weighted by molar-refractivity contribution is -0.117. The summed E-state index contributed by atoms with van der Waals surface area (Å²) in [5, 5.41) is 2.89. The number of aryl methyl sites for hydroxylation is 1. The van der Waals surface area contributed by atoms with E-state index in [0.29, 0.717) is 12.2 Å². The Morgan fingerprint density at radius 3 is 2.53 bits per heavy atom. The number of para-hydroxylation sites is 1. The molecule has 0 unspecified atom stereocenters. The van der Waals surface area contributed by atoms with Gasteiger partial charge in [0.15, 0.2) is 0 Å². The number of likely N-dealkylation sites (N-methyl/N-ethyl adjacent to an activating group) is 1. The van der Waals surface area contributed by atoms with Gasteiger partial charge in [-0.15, -0.1) is 0 Å². The zero-order chi connectivity index (χ0) is 14.6. The van der Waals surface area contributed by atoms with Gasteiger partial charge in [-0.3, -0.25) is 9.69 Å². The molecule has 0 radical (unpaired) electrons. The van der Waals surface area contributed by atoms with Gasteiger partial charge in [0.2, 0.25) is 5.91 Å². The molecule has 0 aliphatic carbocycles. The van der Waals surface area contributed by atoms with Crippen molar-refractivity contribution in [2.45, 2.75) is 27.7 Å². The highest BCUT2D eigenvalue weighted by molar-refractivity contribution is 5.96. The maximum Gasteiger partial charge on any atom is 0.238 e. The normalized spacial score (nSPS) is 11.7. The maximum atomic E-state index is 12.0. The molecule has 1 amide bonds. The molecule has 3 N–H and O–H groups in total. The summed E-state index contributed by atoms with van der Waals surface area (Å²) in [6, 6.07) is 5.61. The van der Waals surface area contributed by atoms with Crippen molar-refractivity contribution in [1.29, 1.82) is 0 Å². The zero-order valence-electron chi connectivity index (χ0n) is 12.6. The molecule has 4 nitrogen and oxygen atoms in total. The summed E-state index contributed by atoms with van der Waals surface area (Å²) in [6.45, 7) is 9.63. The van der Waals surface area contributed by atoms with Crippen molar-refractivity contribution in [2.75, 3.05) is 31.2 Å². The van der Waals surface area contributed by atoms with Gasteiger partial charge in [-0.25, -0.2) is 0 Å². The average molecular weight is 263 g/mol. The van der Waals surface area contributed by atoms with Gasteiger partial charge in [0.25, 0.3) is 0 Å². The molecule has 0 saturated carbocycles. The first-order valence-electron chi connectivity index (χ1n) is 6.52. The molecule has 0 bridgehead atoms. The largest absolute Gasteiger partial charge is 0.397 e. The number of rotatable bonds is 4. The number of anilines is 2. The highest BCUT2D eigenvalue weighted by atomic mass is 16.2. The van der Waals surface area contributed by atoms with Crippen LogP contribution in [0.4, 0.5) is 11.4 Å². The second kappa shape index (κ2) is 6.06. The van der Waals surface area contributed by atoms with Crippen molar-refractivity contribution in [3.63, 3.8) is 0 Å². The number of nitrogen functional groups attached to an aromatic ring is 1. The monoisotopic (exact) mass is 263 g/mol. The van der Waals surface area contributed by atoms with Crippen molar-refractivity contribution < 1.29 is 4.79 Å². The molecule has 0 aromatic heterocycles. The van der Waals surface area contributed by atoms with E-state index in [9.17, 15) is 4.79 Å². The van der Waals surface area contributed by atoms with Gasteiger partial charge in [-0.1, -0.05) is 32.9 Å². The van der Waals surface area contributed by atoms with Crippen LogP contribution in [0.15, 0.2) is 18.2 Å². The number of hydrogen-bond donors (Lipinski definition) is 2. The van der Waals surface area contributed by atoms with Crippen molar-refractivity contribution in [3.05, 3.63) is 23.8 Å².